The molecule has 21 heavy (non-hydrogen) atoms. The van der Waals surface area contributed by atoms with Gasteiger partial charge in [-0.15, -0.1) is 12.4 Å². The summed E-state index contributed by atoms with van der Waals surface area (Å²) < 4.78 is 0. The molecule has 0 bridgehead atoms. The summed E-state index contributed by atoms with van der Waals surface area (Å²) in [6.45, 7) is 2.85. The van der Waals surface area contributed by atoms with Crippen molar-refractivity contribution < 1.29 is 4.79 Å². The Labute approximate surface area is 138 Å². The Morgan fingerprint density at radius 3 is 2.71 bits per heavy atom. The van der Waals surface area contributed by atoms with Crippen LogP contribution in [0.25, 0.3) is 0 Å². The highest BCUT2D eigenvalue weighted by Crippen LogP contribution is 2.17. The Morgan fingerprint density at radius 2 is 2.00 bits per heavy atom. The van der Waals surface area contributed by atoms with E-state index in [0.717, 1.165) is 36.5 Å². The molecule has 0 spiro atoms. The van der Waals surface area contributed by atoms with Crippen molar-refractivity contribution in [1.82, 2.24) is 10.6 Å². The maximum Gasteiger partial charge on any atom is 0.220 e. The van der Waals surface area contributed by atoms with Gasteiger partial charge >= 0.3 is 0 Å². The van der Waals surface area contributed by atoms with Gasteiger partial charge in [0.15, 0.2) is 0 Å². The molecule has 1 aromatic carbocycles. The van der Waals surface area contributed by atoms with Gasteiger partial charge in [0.1, 0.15) is 0 Å². The number of carbonyl (C=O) groups excluding carboxylic acids is 1. The van der Waals surface area contributed by atoms with Crippen LogP contribution < -0.4 is 10.6 Å². The third-order valence-electron chi connectivity index (χ3n) is 3.91. The molecule has 5 heteroatoms. The Morgan fingerprint density at radius 1 is 1.29 bits per heavy atom. The van der Waals surface area contributed by atoms with Crippen molar-refractivity contribution in [2.45, 2.75) is 32.1 Å². The van der Waals surface area contributed by atoms with Crippen molar-refractivity contribution >= 4 is 29.9 Å². The molecule has 1 heterocycles. The van der Waals surface area contributed by atoms with Crippen LogP contribution in [0.4, 0.5) is 0 Å². The highest BCUT2D eigenvalue weighted by atomic mass is 35.5. The maximum atomic E-state index is 11.8. The van der Waals surface area contributed by atoms with E-state index in [9.17, 15) is 4.79 Å². The van der Waals surface area contributed by atoms with E-state index in [1.165, 1.54) is 12.8 Å². The van der Waals surface area contributed by atoms with Gasteiger partial charge < -0.3 is 10.6 Å². The smallest absolute Gasteiger partial charge is 0.220 e. The summed E-state index contributed by atoms with van der Waals surface area (Å²) in [5.74, 6) is 0.876. The first-order valence-corrected chi connectivity index (χ1v) is 7.84. The zero-order valence-electron chi connectivity index (χ0n) is 12.2. The monoisotopic (exact) mass is 330 g/mol. The van der Waals surface area contributed by atoms with Gasteiger partial charge in [0.05, 0.1) is 0 Å². The number of carbonyl (C=O) groups is 1. The van der Waals surface area contributed by atoms with Crippen LogP contribution in [0.5, 0.6) is 0 Å². The Hall–Kier alpha value is -0.770. The molecule has 0 saturated carbocycles. The highest BCUT2D eigenvalue weighted by Gasteiger charge is 2.14. The lowest BCUT2D eigenvalue weighted by Gasteiger charge is -2.22. The van der Waals surface area contributed by atoms with E-state index < -0.39 is 0 Å². The van der Waals surface area contributed by atoms with Gasteiger partial charge in [-0.05, 0) is 56.3 Å². The van der Waals surface area contributed by atoms with E-state index in [-0.39, 0.29) is 18.3 Å². The van der Waals surface area contributed by atoms with E-state index >= 15 is 0 Å². The fourth-order valence-corrected chi connectivity index (χ4v) is 2.86. The lowest BCUT2D eigenvalue weighted by Crippen LogP contribution is -2.30. The summed E-state index contributed by atoms with van der Waals surface area (Å²) in [6.07, 6.45) is 4.85. The number of nitrogens with one attached hydrogen (secondary N) is 2. The molecule has 0 aromatic heterocycles. The molecule has 0 aliphatic carbocycles. The first kappa shape index (κ1) is 18.3. The van der Waals surface area contributed by atoms with Gasteiger partial charge in [-0.25, -0.2) is 0 Å². The van der Waals surface area contributed by atoms with E-state index in [1.807, 2.05) is 24.3 Å². The second-order valence-corrected chi connectivity index (χ2v) is 5.83. The molecule has 0 unspecified atom stereocenters. The van der Waals surface area contributed by atoms with Crippen molar-refractivity contribution in [3.63, 3.8) is 0 Å². The molecule has 118 valence electrons. The molecule has 2 N–H and O–H groups in total. The van der Waals surface area contributed by atoms with Gasteiger partial charge in [0.25, 0.3) is 0 Å². The summed E-state index contributed by atoms with van der Waals surface area (Å²) in [5, 5.41) is 7.11. The number of piperidine rings is 1. The first-order chi connectivity index (χ1) is 9.75. The molecule has 1 saturated heterocycles. The molecule has 1 fully saturated rings. The summed E-state index contributed by atoms with van der Waals surface area (Å²) >= 11 is 6.08. The number of halogens is 2. The lowest BCUT2D eigenvalue weighted by molar-refractivity contribution is -0.121. The maximum absolute atomic E-state index is 11.8. The predicted molar refractivity (Wildman–Crippen MR) is 90.2 cm³/mol. The Kier molecular flexibility index (Phi) is 8.74. The highest BCUT2D eigenvalue weighted by molar-refractivity contribution is 6.31. The molecule has 3 nitrogen and oxygen atoms in total. The first-order valence-electron chi connectivity index (χ1n) is 7.46. The number of hydrogen-bond donors (Lipinski definition) is 2. The number of amides is 1. The third-order valence-corrected chi connectivity index (χ3v) is 4.28. The number of benzene rings is 1. The van der Waals surface area contributed by atoms with Gasteiger partial charge in [-0.1, -0.05) is 29.8 Å². The summed E-state index contributed by atoms with van der Waals surface area (Å²) in [7, 11) is 0. The van der Waals surface area contributed by atoms with Crippen LogP contribution in [-0.2, 0) is 11.2 Å². The van der Waals surface area contributed by atoms with Crippen molar-refractivity contribution in [2.24, 2.45) is 5.92 Å². The fraction of sp³-hybridized carbons (Fsp3) is 0.562. The Bertz CT molecular complexity index is 434. The van der Waals surface area contributed by atoms with Gasteiger partial charge in [-0.2, -0.15) is 0 Å². The van der Waals surface area contributed by atoms with Crippen molar-refractivity contribution in [2.75, 3.05) is 19.6 Å². The van der Waals surface area contributed by atoms with Crippen molar-refractivity contribution in [3.05, 3.63) is 34.9 Å². The minimum absolute atomic E-state index is 0. The second kappa shape index (κ2) is 10.0. The normalized spacial score (nSPS) is 15.3. The average molecular weight is 331 g/mol. The second-order valence-electron chi connectivity index (χ2n) is 5.42. The molecule has 1 aliphatic rings. The van der Waals surface area contributed by atoms with E-state index in [0.29, 0.717) is 18.9 Å². The standard InChI is InChI=1S/C16H23ClN2O.ClH/c17-15-4-2-1-3-14(15)9-12-19-16(20)6-5-13-7-10-18-11-8-13;/h1-4,13,18H,5-12H2,(H,19,20);1H. The molecule has 0 atom stereocenters. The van der Waals surface area contributed by atoms with E-state index in [2.05, 4.69) is 10.6 Å². The lowest BCUT2D eigenvalue weighted by atomic mass is 9.93. The zero-order valence-corrected chi connectivity index (χ0v) is 13.8. The number of rotatable bonds is 6. The van der Waals surface area contributed by atoms with Crippen LogP contribution in [0, 0.1) is 5.92 Å². The summed E-state index contributed by atoms with van der Waals surface area (Å²) in [5.41, 5.74) is 1.09. The van der Waals surface area contributed by atoms with Crippen LogP contribution in [0.2, 0.25) is 5.02 Å². The quantitative estimate of drug-likeness (QED) is 0.840. The zero-order chi connectivity index (χ0) is 14.2. The molecule has 1 aromatic rings. The fourth-order valence-electron chi connectivity index (χ4n) is 2.63. The van der Waals surface area contributed by atoms with Crippen LogP contribution >= 0.6 is 24.0 Å². The van der Waals surface area contributed by atoms with Crippen molar-refractivity contribution in [3.8, 4) is 0 Å². The van der Waals surface area contributed by atoms with Gasteiger partial charge in [-0.3, -0.25) is 4.79 Å². The molecular weight excluding hydrogens is 307 g/mol. The summed E-state index contributed by atoms with van der Waals surface area (Å²) in [6, 6.07) is 7.78. The minimum Gasteiger partial charge on any atom is -0.356 e. The minimum atomic E-state index is 0. The van der Waals surface area contributed by atoms with Crippen LogP contribution in [0.3, 0.4) is 0 Å². The number of hydrogen-bond acceptors (Lipinski definition) is 2. The van der Waals surface area contributed by atoms with Crippen LogP contribution in [-0.4, -0.2) is 25.5 Å². The third kappa shape index (κ3) is 6.68. The molecule has 2 rings (SSSR count). The molecule has 1 aliphatic heterocycles. The van der Waals surface area contributed by atoms with Crippen molar-refractivity contribution in [1.29, 1.82) is 0 Å². The topological polar surface area (TPSA) is 41.1 Å². The van der Waals surface area contributed by atoms with E-state index in [4.69, 9.17) is 11.6 Å². The molecular formula is C16H24Cl2N2O. The van der Waals surface area contributed by atoms with Crippen LogP contribution in [0.1, 0.15) is 31.2 Å². The summed E-state index contributed by atoms with van der Waals surface area (Å²) in [4.78, 5) is 11.8. The molecule has 1 amide bonds. The van der Waals surface area contributed by atoms with E-state index in [1.54, 1.807) is 0 Å². The average Bonchev–Trinajstić information content (AvgIpc) is 2.48. The van der Waals surface area contributed by atoms with Gasteiger partial charge in [0, 0.05) is 18.0 Å². The predicted octanol–water partition coefficient (Wildman–Crippen LogP) is 3.20. The largest absolute Gasteiger partial charge is 0.356 e. The van der Waals surface area contributed by atoms with Crippen LogP contribution in [0.15, 0.2) is 24.3 Å². The van der Waals surface area contributed by atoms with Gasteiger partial charge in [0.2, 0.25) is 5.91 Å². The SMILES string of the molecule is Cl.O=C(CCC1CCNCC1)NCCc1ccccc1Cl. The Balaban J connectivity index is 0.00000220. The molecule has 0 radical (unpaired) electrons.